The molecule has 6 N–H and O–H groups in total. The van der Waals surface area contributed by atoms with Crippen LogP contribution in [0.3, 0.4) is 0 Å². The van der Waals surface area contributed by atoms with Crippen molar-refractivity contribution in [1.82, 2.24) is 20.9 Å². The molecule has 1 saturated heterocycles. The molecule has 0 aromatic carbocycles. The first-order valence-electron chi connectivity index (χ1n) is 14.5. The minimum Gasteiger partial charge on any atom is -0.449 e. The molecular formula is C28H52N6O7. The molecule has 1 fully saturated rings. The Kier molecular flexibility index (Phi) is 15.7. The van der Waals surface area contributed by atoms with Crippen LogP contribution in [0.25, 0.3) is 0 Å². The molecule has 0 aliphatic carbocycles. The fourth-order valence-electron chi connectivity index (χ4n) is 4.06. The summed E-state index contributed by atoms with van der Waals surface area (Å²) in [7, 11) is 0. The van der Waals surface area contributed by atoms with Crippen molar-refractivity contribution in [3.63, 3.8) is 0 Å². The molecule has 0 bridgehead atoms. The number of Topliss-reactive ketones (excluding diaryl/α,β-unsaturated/α-hetero) is 1. The predicted octanol–water partition coefficient (Wildman–Crippen LogP) is 2.02. The summed E-state index contributed by atoms with van der Waals surface area (Å²) < 4.78 is 16.9. The van der Waals surface area contributed by atoms with Gasteiger partial charge >= 0.3 is 6.09 Å². The number of hydrogen-bond donors (Lipinski definition) is 5. The first-order chi connectivity index (χ1) is 19.1. The molecule has 0 saturated carbocycles. The van der Waals surface area contributed by atoms with E-state index in [0.29, 0.717) is 32.4 Å². The monoisotopic (exact) mass is 584 g/mol. The van der Waals surface area contributed by atoms with Crippen molar-refractivity contribution in [2.45, 2.75) is 117 Å². The number of likely N-dealkylation sites (tertiary alicyclic amines) is 1. The van der Waals surface area contributed by atoms with E-state index in [1.807, 2.05) is 34.6 Å². The van der Waals surface area contributed by atoms with Crippen LogP contribution in [0.1, 0.15) is 87.0 Å². The Hall–Kier alpha value is -2.93. The number of piperidine rings is 1. The van der Waals surface area contributed by atoms with Crippen molar-refractivity contribution >= 4 is 29.7 Å². The van der Waals surface area contributed by atoms with Gasteiger partial charge in [0.2, 0.25) is 11.8 Å². The van der Waals surface area contributed by atoms with Crippen LogP contribution >= 0.6 is 0 Å². The predicted molar refractivity (Wildman–Crippen MR) is 155 cm³/mol. The number of amides is 3. The molecule has 4 atom stereocenters. The summed E-state index contributed by atoms with van der Waals surface area (Å²) in [6, 6.07) is -2.47. The molecular weight excluding hydrogens is 532 g/mol. The first kappa shape index (κ1) is 36.1. The summed E-state index contributed by atoms with van der Waals surface area (Å²) in [6.45, 7) is 13.4. The summed E-state index contributed by atoms with van der Waals surface area (Å²) in [5, 5.41) is 16.1. The van der Waals surface area contributed by atoms with Crippen LogP contribution in [0.15, 0.2) is 0 Å². The van der Waals surface area contributed by atoms with E-state index in [0.717, 1.165) is 19.3 Å². The highest BCUT2D eigenvalue weighted by atomic mass is 16.5. The van der Waals surface area contributed by atoms with Gasteiger partial charge in [-0.25, -0.2) is 4.79 Å². The lowest BCUT2D eigenvalue weighted by Crippen LogP contribution is -2.62. The normalized spacial score (nSPS) is 18.8. The van der Waals surface area contributed by atoms with E-state index in [-0.39, 0.29) is 30.9 Å². The van der Waals surface area contributed by atoms with E-state index < -0.39 is 47.9 Å². The third-order valence-electron chi connectivity index (χ3n) is 6.26. The largest absolute Gasteiger partial charge is 0.449 e. The molecule has 3 amide bonds. The molecule has 2 unspecified atom stereocenters. The van der Waals surface area contributed by atoms with Crippen molar-refractivity contribution < 1.29 is 33.4 Å². The average molecular weight is 585 g/mol. The second kappa shape index (κ2) is 17.8. The van der Waals surface area contributed by atoms with Crippen LogP contribution < -0.4 is 21.7 Å². The molecule has 1 aliphatic heterocycles. The standard InChI is InChI=1S/C28H52N6O7/c1-18(2)16-40-27(38)33-22(17-41-28(5,6)7)24(37)31-20(4)23(36)32-21-13-11-14-34(26(29)30)25(21)39-15-10-8-9-12-19(3)35/h18,20-22,25H,8-17H2,1-7H3,(H3,29,30)(H,31,37)(H,32,36)(H,33,38)/t20-,21?,22+,25?/m0/s1. The highest BCUT2D eigenvalue weighted by Crippen LogP contribution is 2.19. The maximum Gasteiger partial charge on any atom is 0.407 e. The van der Waals surface area contributed by atoms with Gasteiger partial charge < -0.3 is 45.6 Å². The summed E-state index contributed by atoms with van der Waals surface area (Å²) in [5.74, 6) is -0.905. The minimum absolute atomic E-state index is 0.112. The zero-order chi connectivity index (χ0) is 31.2. The Balaban J connectivity index is 2.81. The lowest BCUT2D eigenvalue weighted by Gasteiger charge is -2.41. The Morgan fingerprint density at radius 1 is 1.02 bits per heavy atom. The number of nitrogens with zero attached hydrogens (tertiary/aromatic N) is 1. The van der Waals surface area contributed by atoms with Gasteiger partial charge in [0.15, 0.2) is 12.2 Å². The van der Waals surface area contributed by atoms with Gasteiger partial charge in [0.1, 0.15) is 17.9 Å². The zero-order valence-electron chi connectivity index (χ0n) is 25.8. The number of ketones is 1. The lowest BCUT2D eigenvalue weighted by molar-refractivity contribution is -0.133. The van der Waals surface area contributed by atoms with Gasteiger partial charge in [-0.15, -0.1) is 0 Å². The number of nitrogens with two attached hydrogens (primary N) is 1. The minimum atomic E-state index is -1.08. The molecule has 1 aliphatic rings. The van der Waals surface area contributed by atoms with Crippen molar-refractivity contribution in [3.05, 3.63) is 0 Å². The maximum absolute atomic E-state index is 13.1. The fraction of sp³-hybridized carbons (Fsp3) is 0.821. The van der Waals surface area contributed by atoms with Crippen LogP contribution in [0.2, 0.25) is 0 Å². The fourth-order valence-corrected chi connectivity index (χ4v) is 4.06. The number of rotatable bonds is 16. The van der Waals surface area contributed by atoms with E-state index in [2.05, 4.69) is 16.0 Å². The van der Waals surface area contributed by atoms with Crippen molar-refractivity contribution in [1.29, 1.82) is 5.41 Å². The second-order valence-corrected chi connectivity index (χ2v) is 12.0. The smallest absolute Gasteiger partial charge is 0.407 e. The van der Waals surface area contributed by atoms with Crippen molar-refractivity contribution in [3.8, 4) is 0 Å². The van der Waals surface area contributed by atoms with Gasteiger partial charge in [-0.3, -0.25) is 15.0 Å². The zero-order valence-corrected chi connectivity index (χ0v) is 25.8. The SMILES string of the molecule is CC(=O)CCCCCOC1C(NC(=O)[C@H](C)NC(=O)[C@@H](COC(C)(C)C)NC(=O)OCC(C)C)CCCN1C(=N)N. The van der Waals surface area contributed by atoms with E-state index >= 15 is 0 Å². The number of hydrogen-bond acceptors (Lipinski definition) is 8. The van der Waals surface area contributed by atoms with Crippen LogP contribution in [-0.4, -0.2) is 90.9 Å². The molecule has 0 aromatic rings. The molecule has 0 aromatic heterocycles. The highest BCUT2D eigenvalue weighted by Gasteiger charge is 2.35. The number of ether oxygens (including phenoxy) is 3. The number of carbonyl (C=O) groups is 4. The molecule has 236 valence electrons. The van der Waals surface area contributed by atoms with Gasteiger partial charge in [0.25, 0.3) is 0 Å². The third kappa shape index (κ3) is 15.0. The van der Waals surface area contributed by atoms with Gasteiger partial charge in [-0.1, -0.05) is 20.3 Å². The molecule has 0 radical (unpaired) electrons. The highest BCUT2D eigenvalue weighted by molar-refractivity contribution is 5.91. The van der Waals surface area contributed by atoms with Crippen molar-refractivity contribution in [2.75, 3.05) is 26.4 Å². The van der Waals surface area contributed by atoms with E-state index in [9.17, 15) is 19.2 Å². The summed E-state index contributed by atoms with van der Waals surface area (Å²) in [4.78, 5) is 51.2. The third-order valence-corrected chi connectivity index (χ3v) is 6.26. The Labute approximate surface area is 244 Å². The van der Waals surface area contributed by atoms with E-state index in [4.69, 9.17) is 25.4 Å². The first-order valence-corrected chi connectivity index (χ1v) is 14.5. The van der Waals surface area contributed by atoms with Crippen LogP contribution in [0, 0.1) is 11.3 Å². The number of alkyl carbamates (subject to hydrolysis) is 1. The molecule has 13 nitrogen and oxygen atoms in total. The molecule has 1 rings (SSSR count). The van der Waals surface area contributed by atoms with Crippen LogP contribution in [-0.2, 0) is 28.6 Å². The van der Waals surface area contributed by atoms with Crippen LogP contribution in [0.4, 0.5) is 4.79 Å². The van der Waals surface area contributed by atoms with E-state index in [1.165, 1.54) is 0 Å². The van der Waals surface area contributed by atoms with Crippen molar-refractivity contribution in [2.24, 2.45) is 11.7 Å². The average Bonchev–Trinajstić information content (AvgIpc) is 2.86. The number of guanidine groups is 1. The summed E-state index contributed by atoms with van der Waals surface area (Å²) in [6.07, 6.45) is 2.78. The molecule has 13 heteroatoms. The molecule has 0 spiro atoms. The van der Waals surface area contributed by atoms with Crippen LogP contribution in [0.5, 0.6) is 0 Å². The summed E-state index contributed by atoms with van der Waals surface area (Å²) in [5.41, 5.74) is 5.24. The quantitative estimate of drug-likeness (QED) is 0.103. The Bertz CT molecular complexity index is 876. The molecule has 1 heterocycles. The summed E-state index contributed by atoms with van der Waals surface area (Å²) >= 11 is 0. The Morgan fingerprint density at radius 3 is 2.29 bits per heavy atom. The van der Waals surface area contributed by atoms with Gasteiger partial charge in [0, 0.05) is 19.6 Å². The number of nitrogens with one attached hydrogen (secondary N) is 4. The lowest BCUT2D eigenvalue weighted by atomic mass is 10.0. The number of unbranched alkanes of at least 4 members (excludes halogenated alkanes) is 2. The van der Waals surface area contributed by atoms with Gasteiger partial charge in [0.05, 0.1) is 24.9 Å². The Morgan fingerprint density at radius 2 is 1.71 bits per heavy atom. The van der Waals surface area contributed by atoms with E-state index in [1.54, 1.807) is 18.7 Å². The molecule has 41 heavy (non-hydrogen) atoms. The topological polar surface area (TPSA) is 185 Å². The van der Waals surface area contributed by atoms with Gasteiger partial charge in [-0.05, 0) is 66.2 Å². The number of carbonyl (C=O) groups excluding carboxylic acids is 4. The second-order valence-electron chi connectivity index (χ2n) is 12.0. The maximum atomic E-state index is 13.1. The van der Waals surface area contributed by atoms with Gasteiger partial charge in [-0.2, -0.15) is 0 Å².